The molecule has 11 heavy (non-hydrogen) atoms. The molecule has 0 spiro atoms. The second-order valence-corrected chi connectivity index (χ2v) is 3.55. The van der Waals surface area contributed by atoms with Crippen LogP contribution in [0.15, 0.2) is 11.6 Å². The number of hydrogen-bond donors (Lipinski definition) is 0. The van der Waals surface area contributed by atoms with E-state index in [-0.39, 0.29) is 5.91 Å². The Hall–Kier alpha value is -0.440. The number of thioether (sulfide) groups is 1. The molecule has 0 aliphatic carbocycles. The zero-order valence-corrected chi connectivity index (χ0v) is 7.73. The maximum Gasteiger partial charge on any atom is 0.237 e. The highest BCUT2D eigenvalue weighted by atomic mass is 32.2. The van der Waals surface area contributed by atoms with Crippen molar-refractivity contribution >= 4 is 17.7 Å². The molecule has 2 nitrogen and oxygen atoms in total. The SMILES string of the molecule is CCC(C)N1C=CSCC1=O. The van der Waals surface area contributed by atoms with Crippen molar-refractivity contribution in [1.29, 1.82) is 0 Å². The van der Waals surface area contributed by atoms with Crippen molar-refractivity contribution in [3.05, 3.63) is 11.6 Å². The minimum Gasteiger partial charge on any atom is -0.315 e. The highest BCUT2D eigenvalue weighted by Crippen LogP contribution is 2.15. The van der Waals surface area contributed by atoms with Crippen LogP contribution >= 0.6 is 11.8 Å². The molecule has 1 amide bonds. The van der Waals surface area contributed by atoms with Crippen molar-refractivity contribution in [2.24, 2.45) is 0 Å². The first-order valence-corrected chi connectivity index (χ1v) is 4.90. The summed E-state index contributed by atoms with van der Waals surface area (Å²) in [6.07, 6.45) is 2.89. The van der Waals surface area contributed by atoms with Crippen LogP contribution in [0.2, 0.25) is 0 Å². The number of carbonyl (C=O) groups is 1. The summed E-state index contributed by atoms with van der Waals surface area (Å²) in [7, 11) is 0. The molecular weight excluding hydrogens is 158 g/mol. The fraction of sp³-hybridized carbons (Fsp3) is 0.625. The molecule has 1 rings (SSSR count). The summed E-state index contributed by atoms with van der Waals surface area (Å²) in [5.41, 5.74) is 0. The van der Waals surface area contributed by atoms with Crippen LogP contribution < -0.4 is 0 Å². The van der Waals surface area contributed by atoms with Crippen LogP contribution in [0, 0.1) is 0 Å². The van der Waals surface area contributed by atoms with Crippen LogP contribution in [0.1, 0.15) is 20.3 Å². The third-order valence-electron chi connectivity index (χ3n) is 1.88. The van der Waals surface area contributed by atoms with E-state index in [1.54, 1.807) is 11.8 Å². The second kappa shape index (κ2) is 3.81. The van der Waals surface area contributed by atoms with Crippen molar-refractivity contribution in [3.63, 3.8) is 0 Å². The van der Waals surface area contributed by atoms with Crippen LogP contribution in [0.5, 0.6) is 0 Å². The summed E-state index contributed by atoms with van der Waals surface area (Å²) >= 11 is 1.56. The smallest absolute Gasteiger partial charge is 0.237 e. The van der Waals surface area contributed by atoms with E-state index >= 15 is 0 Å². The van der Waals surface area contributed by atoms with Gasteiger partial charge in [0, 0.05) is 12.2 Å². The average molecular weight is 171 g/mol. The van der Waals surface area contributed by atoms with Crippen molar-refractivity contribution < 1.29 is 4.79 Å². The molecule has 0 saturated carbocycles. The molecule has 0 aromatic heterocycles. The monoisotopic (exact) mass is 171 g/mol. The van der Waals surface area contributed by atoms with Gasteiger partial charge in [0.25, 0.3) is 0 Å². The summed E-state index contributed by atoms with van der Waals surface area (Å²) in [5, 5.41) is 1.98. The predicted octanol–water partition coefficient (Wildman–Crippen LogP) is 1.83. The van der Waals surface area contributed by atoms with Crippen LogP contribution in [-0.4, -0.2) is 22.6 Å². The number of amides is 1. The number of hydrogen-bond acceptors (Lipinski definition) is 2. The Kier molecular flexibility index (Phi) is 3.00. The largest absolute Gasteiger partial charge is 0.315 e. The summed E-state index contributed by atoms with van der Waals surface area (Å²) < 4.78 is 0. The van der Waals surface area contributed by atoms with E-state index in [0.717, 1.165) is 6.42 Å². The van der Waals surface area contributed by atoms with E-state index < -0.39 is 0 Å². The van der Waals surface area contributed by atoms with Crippen LogP contribution in [-0.2, 0) is 4.79 Å². The molecule has 0 bridgehead atoms. The molecule has 0 N–H and O–H groups in total. The Balaban J connectivity index is 2.61. The quantitative estimate of drug-likeness (QED) is 0.631. The topological polar surface area (TPSA) is 20.3 Å². The lowest BCUT2D eigenvalue weighted by atomic mass is 10.2. The second-order valence-electron chi connectivity index (χ2n) is 2.65. The molecule has 0 fully saturated rings. The summed E-state index contributed by atoms with van der Waals surface area (Å²) in [5.74, 6) is 0.827. The zero-order valence-electron chi connectivity index (χ0n) is 6.91. The lowest BCUT2D eigenvalue weighted by molar-refractivity contribution is -0.127. The number of rotatable bonds is 2. The van der Waals surface area contributed by atoms with E-state index in [9.17, 15) is 4.79 Å². The van der Waals surface area contributed by atoms with Gasteiger partial charge in [0.2, 0.25) is 5.91 Å². The molecule has 0 saturated heterocycles. The first kappa shape index (κ1) is 8.65. The van der Waals surface area contributed by atoms with Gasteiger partial charge in [0.1, 0.15) is 0 Å². The fourth-order valence-electron chi connectivity index (χ4n) is 0.975. The van der Waals surface area contributed by atoms with Crippen molar-refractivity contribution in [2.75, 3.05) is 5.75 Å². The number of nitrogens with zero attached hydrogens (tertiary/aromatic N) is 1. The Morgan fingerprint density at radius 3 is 3.09 bits per heavy atom. The first-order chi connectivity index (χ1) is 5.25. The molecule has 62 valence electrons. The predicted molar refractivity (Wildman–Crippen MR) is 48.2 cm³/mol. The summed E-state index contributed by atoms with van der Waals surface area (Å²) in [4.78, 5) is 13.1. The highest BCUT2D eigenvalue weighted by molar-refractivity contribution is 8.02. The van der Waals surface area contributed by atoms with Crippen molar-refractivity contribution in [2.45, 2.75) is 26.3 Å². The van der Waals surface area contributed by atoms with E-state index in [2.05, 4.69) is 13.8 Å². The van der Waals surface area contributed by atoms with E-state index in [1.165, 1.54) is 0 Å². The van der Waals surface area contributed by atoms with Gasteiger partial charge in [0.15, 0.2) is 0 Å². The molecule has 0 aromatic rings. The molecule has 0 aromatic carbocycles. The third-order valence-corrected chi connectivity index (χ3v) is 2.61. The van der Waals surface area contributed by atoms with Gasteiger partial charge in [-0.1, -0.05) is 6.92 Å². The fourth-order valence-corrected chi connectivity index (χ4v) is 1.58. The van der Waals surface area contributed by atoms with E-state index in [4.69, 9.17) is 0 Å². The molecule has 1 aliphatic heterocycles. The third kappa shape index (κ3) is 1.99. The zero-order chi connectivity index (χ0) is 8.27. The van der Waals surface area contributed by atoms with Gasteiger partial charge in [-0.05, 0) is 18.8 Å². The minimum absolute atomic E-state index is 0.229. The van der Waals surface area contributed by atoms with E-state index in [0.29, 0.717) is 11.8 Å². The maximum absolute atomic E-state index is 11.2. The molecule has 3 heteroatoms. The van der Waals surface area contributed by atoms with Gasteiger partial charge in [0.05, 0.1) is 5.75 Å². The van der Waals surface area contributed by atoms with Gasteiger partial charge in [-0.15, -0.1) is 11.8 Å². The van der Waals surface area contributed by atoms with Crippen molar-refractivity contribution in [3.8, 4) is 0 Å². The molecule has 1 aliphatic rings. The van der Waals surface area contributed by atoms with Gasteiger partial charge in [-0.25, -0.2) is 0 Å². The summed E-state index contributed by atoms with van der Waals surface area (Å²) in [6.45, 7) is 4.16. The lowest BCUT2D eigenvalue weighted by Gasteiger charge is -2.26. The molecule has 0 radical (unpaired) electrons. The molecule has 1 heterocycles. The summed E-state index contributed by atoms with van der Waals surface area (Å²) in [6, 6.07) is 0.347. The Morgan fingerprint density at radius 2 is 2.55 bits per heavy atom. The van der Waals surface area contributed by atoms with Crippen LogP contribution in [0.25, 0.3) is 0 Å². The normalized spacial score (nSPS) is 20.5. The minimum atomic E-state index is 0.229. The molecule has 1 unspecified atom stereocenters. The first-order valence-electron chi connectivity index (χ1n) is 3.85. The van der Waals surface area contributed by atoms with Gasteiger partial charge in [-0.2, -0.15) is 0 Å². The number of carbonyl (C=O) groups excluding carboxylic acids is 1. The van der Waals surface area contributed by atoms with E-state index in [1.807, 2.05) is 16.5 Å². The van der Waals surface area contributed by atoms with Crippen LogP contribution in [0.3, 0.4) is 0 Å². The highest BCUT2D eigenvalue weighted by Gasteiger charge is 2.18. The van der Waals surface area contributed by atoms with Gasteiger partial charge >= 0.3 is 0 Å². The van der Waals surface area contributed by atoms with Crippen LogP contribution in [0.4, 0.5) is 0 Å². The Bertz CT molecular complexity index is 179. The molecular formula is C8H13NOS. The standard InChI is InChI=1S/C8H13NOS/c1-3-7(2)9-4-5-11-6-8(9)10/h4-5,7H,3,6H2,1-2H3. The maximum atomic E-state index is 11.2. The van der Waals surface area contributed by atoms with Crippen molar-refractivity contribution in [1.82, 2.24) is 4.90 Å². The molecule has 1 atom stereocenters. The van der Waals surface area contributed by atoms with Gasteiger partial charge < -0.3 is 4.90 Å². The van der Waals surface area contributed by atoms with Gasteiger partial charge in [-0.3, -0.25) is 4.79 Å². The average Bonchev–Trinajstić information content (AvgIpc) is 2.04. The Labute approximate surface area is 71.6 Å². The Morgan fingerprint density at radius 1 is 1.82 bits per heavy atom. The lowest BCUT2D eigenvalue weighted by Crippen LogP contribution is -2.36.